The second kappa shape index (κ2) is 9.48. The standard InChI is InChI=1S/C25H29N9O2/c1-25(2,3)23-32-21(33-36-23)22(35)30-18-8-6-5-7-15-11-20(27-13-17(15)18)19-9-10-26-24(31-19)29-16-12-28-34(4)14-16/h9-14,18H,5-8H2,1-4H3,(H,30,35)(H,26,29,31)/t18-/m0/s1. The average Bonchev–Trinajstić information content (AvgIpc) is 3.46. The first kappa shape index (κ1) is 23.6. The molecule has 0 bridgehead atoms. The number of nitrogens with one attached hydrogen (secondary N) is 2. The molecular weight excluding hydrogens is 458 g/mol. The molecule has 36 heavy (non-hydrogen) atoms. The molecule has 0 aliphatic heterocycles. The van der Waals surface area contributed by atoms with E-state index in [4.69, 9.17) is 4.52 Å². The average molecular weight is 488 g/mol. The summed E-state index contributed by atoms with van der Waals surface area (Å²) < 4.78 is 7.00. The van der Waals surface area contributed by atoms with E-state index in [0.717, 1.165) is 48.2 Å². The van der Waals surface area contributed by atoms with Crippen molar-refractivity contribution in [3.63, 3.8) is 0 Å². The van der Waals surface area contributed by atoms with Gasteiger partial charge in [0.15, 0.2) is 0 Å². The molecule has 0 unspecified atom stereocenters. The maximum Gasteiger partial charge on any atom is 0.293 e. The predicted octanol–water partition coefficient (Wildman–Crippen LogP) is 3.89. The molecule has 186 valence electrons. The first-order chi connectivity index (χ1) is 17.3. The SMILES string of the molecule is Cn1cc(Nc2nccc(-c3cc4c(cn3)[C@@H](NC(=O)c3noc(C(C)(C)C)n3)CCCC4)n2)cn1. The number of amides is 1. The van der Waals surface area contributed by atoms with E-state index in [1.54, 1.807) is 17.1 Å². The van der Waals surface area contributed by atoms with Gasteiger partial charge >= 0.3 is 0 Å². The van der Waals surface area contributed by atoms with E-state index in [1.165, 1.54) is 0 Å². The fourth-order valence-corrected chi connectivity index (χ4v) is 4.17. The van der Waals surface area contributed by atoms with Crippen LogP contribution in [-0.4, -0.2) is 40.8 Å². The Balaban J connectivity index is 1.36. The number of rotatable bonds is 5. The van der Waals surface area contributed by atoms with E-state index >= 15 is 0 Å². The Morgan fingerprint density at radius 1 is 1.14 bits per heavy atom. The highest BCUT2D eigenvalue weighted by atomic mass is 16.5. The zero-order chi connectivity index (χ0) is 25.3. The topological polar surface area (TPSA) is 137 Å². The molecule has 4 aromatic heterocycles. The molecule has 11 heteroatoms. The summed E-state index contributed by atoms with van der Waals surface area (Å²) in [6.07, 6.45) is 10.8. The Labute approximate surface area is 208 Å². The summed E-state index contributed by atoms with van der Waals surface area (Å²) in [6.45, 7) is 5.88. The third kappa shape index (κ3) is 5.09. The summed E-state index contributed by atoms with van der Waals surface area (Å²) in [5, 5.41) is 14.3. The van der Waals surface area contributed by atoms with Gasteiger partial charge in [-0.15, -0.1) is 0 Å². The highest BCUT2D eigenvalue weighted by Gasteiger charge is 2.27. The van der Waals surface area contributed by atoms with Crippen LogP contribution in [0.2, 0.25) is 0 Å². The fraction of sp³-hybridized carbons (Fsp3) is 0.400. The molecule has 0 radical (unpaired) electrons. The van der Waals surface area contributed by atoms with Gasteiger partial charge in [-0.2, -0.15) is 10.1 Å². The third-order valence-corrected chi connectivity index (χ3v) is 6.04. The lowest BCUT2D eigenvalue weighted by Crippen LogP contribution is -2.30. The number of carbonyl (C=O) groups is 1. The van der Waals surface area contributed by atoms with Gasteiger partial charge in [0.2, 0.25) is 11.8 Å². The third-order valence-electron chi connectivity index (χ3n) is 6.04. The molecule has 1 aliphatic rings. The van der Waals surface area contributed by atoms with Crippen molar-refractivity contribution in [2.24, 2.45) is 7.05 Å². The van der Waals surface area contributed by atoms with Crippen LogP contribution >= 0.6 is 0 Å². The second-order valence-corrected chi connectivity index (χ2v) is 10.0. The van der Waals surface area contributed by atoms with Crippen molar-refractivity contribution >= 4 is 17.5 Å². The van der Waals surface area contributed by atoms with Gasteiger partial charge < -0.3 is 15.2 Å². The quantitative estimate of drug-likeness (QED) is 0.402. The zero-order valence-corrected chi connectivity index (χ0v) is 20.8. The van der Waals surface area contributed by atoms with E-state index in [0.29, 0.717) is 17.5 Å². The van der Waals surface area contributed by atoms with Crippen LogP contribution in [0.3, 0.4) is 0 Å². The van der Waals surface area contributed by atoms with Gasteiger partial charge in [-0.3, -0.25) is 14.5 Å². The van der Waals surface area contributed by atoms with Crippen LogP contribution in [0.5, 0.6) is 0 Å². The van der Waals surface area contributed by atoms with Gasteiger partial charge in [0.1, 0.15) is 0 Å². The first-order valence-corrected chi connectivity index (χ1v) is 12.0. The molecule has 0 fully saturated rings. The minimum Gasteiger partial charge on any atom is -0.342 e. The van der Waals surface area contributed by atoms with Gasteiger partial charge in [-0.05, 0) is 42.5 Å². The number of aryl methyl sites for hydroxylation is 2. The molecule has 0 saturated carbocycles. The van der Waals surface area contributed by atoms with Crippen molar-refractivity contribution in [1.82, 2.24) is 40.2 Å². The predicted molar refractivity (Wildman–Crippen MR) is 133 cm³/mol. The molecule has 5 rings (SSSR count). The van der Waals surface area contributed by atoms with Crippen LogP contribution in [0, 0.1) is 0 Å². The molecule has 4 heterocycles. The molecular formula is C25H29N9O2. The molecule has 1 atom stereocenters. The lowest BCUT2D eigenvalue weighted by Gasteiger charge is -2.19. The van der Waals surface area contributed by atoms with Crippen LogP contribution in [0.1, 0.15) is 73.7 Å². The van der Waals surface area contributed by atoms with Crippen LogP contribution in [0.25, 0.3) is 11.4 Å². The van der Waals surface area contributed by atoms with Crippen LogP contribution in [0.15, 0.2) is 41.4 Å². The number of pyridine rings is 1. The monoisotopic (exact) mass is 487 g/mol. The molecule has 2 N–H and O–H groups in total. The lowest BCUT2D eigenvalue weighted by molar-refractivity contribution is 0.0921. The minimum absolute atomic E-state index is 0.0462. The molecule has 1 amide bonds. The fourth-order valence-electron chi connectivity index (χ4n) is 4.17. The maximum absolute atomic E-state index is 12.9. The summed E-state index contributed by atoms with van der Waals surface area (Å²) in [5.74, 6) is 0.600. The van der Waals surface area contributed by atoms with Crippen molar-refractivity contribution in [2.45, 2.75) is 57.9 Å². The van der Waals surface area contributed by atoms with Crippen molar-refractivity contribution in [2.75, 3.05) is 5.32 Å². The summed E-state index contributed by atoms with van der Waals surface area (Å²) in [5.41, 5.74) is 4.10. The van der Waals surface area contributed by atoms with Gasteiger partial charge in [-0.25, -0.2) is 9.97 Å². The van der Waals surface area contributed by atoms with E-state index in [-0.39, 0.29) is 23.2 Å². The minimum atomic E-state index is -0.349. The maximum atomic E-state index is 12.9. The van der Waals surface area contributed by atoms with Gasteiger partial charge in [0.25, 0.3) is 11.7 Å². The highest BCUT2D eigenvalue weighted by molar-refractivity contribution is 5.90. The molecule has 4 aromatic rings. The van der Waals surface area contributed by atoms with Crippen LogP contribution < -0.4 is 10.6 Å². The van der Waals surface area contributed by atoms with Crippen LogP contribution in [-0.2, 0) is 18.9 Å². The van der Waals surface area contributed by atoms with Crippen molar-refractivity contribution in [3.8, 4) is 11.4 Å². The Hall–Kier alpha value is -4.15. The van der Waals surface area contributed by atoms with Crippen molar-refractivity contribution < 1.29 is 9.32 Å². The normalized spacial score (nSPS) is 15.7. The van der Waals surface area contributed by atoms with Crippen molar-refractivity contribution in [3.05, 3.63) is 59.8 Å². The molecule has 0 saturated heterocycles. The van der Waals surface area contributed by atoms with Gasteiger partial charge in [0.05, 0.1) is 29.3 Å². The first-order valence-electron chi connectivity index (χ1n) is 12.0. The van der Waals surface area contributed by atoms with Gasteiger partial charge in [0, 0.05) is 31.1 Å². The Kier molecular flexibility index (Phi) is 6.21. The zero-order valence-electron chi connectivity index (χ0n) is 20.8. The number of aromatic nitrogens is 7. The number of anilines is 2. The Morgan fingerprint density at radius 3 is 2.75 bits per heavy atom. The highest BCUT2D eigenvalue weighted by Crippen LogP contribution is 2.31. The van der Waals surface area contributed by atoms with E-state index < -0.39 is 0 Å². The molecule has 0 spiro atoms. The number of fused-ring (bicyclic) bond motifs is 1. The van der Waals surface area contributed by atoms with E-state index in [9.17, 15) is 4.79 Å². The molecule has 0 aromatic carbocycles. The summed E-state index contributed by atoms with van der Waals surface area (Å²) in [7, 11) is 1.85. The number of hydrogen-bond donors (Lipinski definition) is 2. The Morgan fingerprint density at radius 2 is 2.00 bits per heavy atom. The van der Waals surface area contributed by atoms with Crippen LogP contribution in [0.4, 0.5) is 11.6 Å². The number of hydrogen-bond acceptors (Lipinski definition) is 9. The molecule has 11 nitrogen and oxygen atoms in total. The summed E-state index contributed by atoms with van der Waals surface area (Å²) in [4.78, 5) is 30.8. The largest absolute Gasteiger partial charge is 0.342 e. The molecule has 1 aliphatic carbocycles. The smallest absolute Gasteiger partial charge is 0.293 e. The van der Waals surface area contributed by atoms with E-state index in [1.807, 2.05) is 46.3 Å². The van der Waals surface area contributed by atoms with Gasteiger partial charge in [-0.1, -0.05) is 32.3 Å². The lowest BCUT2D eigenvalue weighted by atomic mass is 9.97. The summed E-state index contributed by atoms with van der Waals surface area (Å²) >= 11 is 0. The van der Waals surface area contributed by atoms with Crippen molar-refractivity contribution in [1.29, 1.82) is 0 Å². The number of nitrogens with zero attached hydrogens (tertiary/aromatic N) is 7. The Bertz CT molecular complexity index is 1390. The van der Waals surface area contributed by atoms with E-state index in [2.05, 4.69) is 46.9 Å². The second-order valence-electron chi connectivity index (χ2n) is 10.0. The number of carbonyl (C=O) groups excluding carboxylic acids is 1. The summed E-state index contributed by atoms with van der Waals surface area (Å²) in [6, 6.07) is 3.71.